The summed E-state index contributed by atoms with van der Waals surface area (Å²) in [7, 11) is 1.00. The van der Waals surface area contributed by atoms with Crippen molar-refractivity contribution in [3.63, 3.8) is 0 Å². The number of hydrogen-bond donors (Lipinski definition) is 1. The molecule has 1 N–H and O–H groups in total. The third-order valence-corrected chi connectivity index (χ3v) is 0.347. The van der Waals surface area contributed by atoms with Gasteiger partial charge in [0.05, 0.1) is 6.20 Å². The van der Waals surface area contributed by atoms with Crippen molar-refractivity contribution in [2.45, 2.75) is 13.8 Å². The van der Waals surface area contributed by atoms with Gasteiger partial charge in [-0.15, -0.1) is 0 Å². The molecule has 0 saturated carbocycles. The van der Waals surface area contributed by atoms with Gasteiger partial charge in [0.2, 0.25) is 0 Å². The van der Waals surface area contributed by atoms with E-state index in [0.29, 0.717) is 0 Å². The molecule has 1 aromatic heterocycles. The van der Waals surface area contributed by atoms with E-state index in [1.807, 2.05) is 13.8 Å². The molecular formula is C6H13NO2. The Hall–Kier alpha value is -0.830. The Kier molecular flexibility index (Phi) is 19.2. The molecule has 0 saturated heterocycles. The highest BCUT2D eigenvalue weighted by molar-refractivity contribution is 4.56. The summed E-state index contributed by atoms with van der Waals surface area (Å²) in [6.07, 6.45) is 4.47. The van der Waals surface area contributed by atoms with Crippen LogP contribution in [0.15, 0.2) is 23.3 Å². The topological polar surface area (TPSA) is 46.3 Å². The zero-order valence-corrected chi connectivity index (χ0v) is 6.03. The Labute approximate surface area is 55.3 Å². The predicted octanol–water partition coefficient (Wildman–Crippen LogP) is 1.31. The summed E-state index contributed by atoms with van der Waals surface area (Å²) in [6.45, 7) is 4.00. The van der Waals surface area contributed by atoms with Crippen molar-refractivity contribution in [3.05, 3.63) is 18.9 Å². The molecule has 0 aliphatic heterocycles. The molecule has 0 bridgehead atoms. The van der Waals surface area contributed by atoms with E-state index < -0.39 is 0 Å². The van der Waals surface area contributed by atoms with Gasteiger partial charge >= 0.3 is 0 Å². The molecule has 1 rings (SSSR count). The normalized spacial score (nSPS) is 5.78. The minimum absolute atomic E-state index is 1.00. The van der Waals surface area contributed by atoms with Crippen molar-refractivity contribution in [3.8, 4) is 0 Å². The van der Waals surface area contributed by atoms with Gasteiger partial charge in [0.25, 0.3) is 0 Å². The van der Waals surface area contributed by atoms with E-state index in [-0.39, 0.29) is 0 Å². The molecule has 54 valence electrons. The first-order valence-electron chi connectivity index (χ1n) is 2.77. The van der Waals surface area contributed by atoms with Gasteiger partial charge < -0.3 is 9.52 Å². The standard InChI is InChI=1S/C3H3NO.C2H6.CH4O/c1-2-5-3-4-1;2*1-2/h1-3H;1-2H3;2H,1H3. The molecule has 3 heteroatoms. The molecule has 1 heterocycles. The zero-order chi connectivity index (χ0) is 7.54. The summed E-state index contributed by atoms with van der Waals surface area (Å²) in [5, 5.41) is 7.00. The Bertz CT molecular complexity index is 67.5. The fourth-order valence-electron chi connectivity index (χ4n) is 0.176. The van der Waals surface area contributed by atoms with Crippen molar-refractivity contribution in [1.82, 2.24) is 4.98 Å². The van der Waals surface area contributed by atoms with Gasteiger partial charge in [-0.2, -0.15) is 0 Å². The van der Waals surface area contributed by atoms with Crippen molar-refractivity contribution < 1.29 is 9.52 Å². The Balaban J connectivity index is 0. The van der Waals surface area contributed by atoms with Gasteiger partial charge in [0, 0.05) is 7.11 Å². The monoisotopic (exact) mass is 131 g/mol. The van der Waals surface area contributed by atoms with Crippen molar-refractivity contribution >= 4 is 0 Å². The van der Waals surface area contributed by atoms with E-state index in [2.05, 4.69) is 9.40 Å². The van der Waals surface area contributed by atoms with Crippen LogP contribution in [0.4, 0.5) is 0 Å². The van der Waals surface area contributed by atoms with Gasteiger partial charge in [0.15, 0.2) is 6.39 Å². The first-order valence-corrected chi connectivity index (χ1v) is 2.77. The first-order chi connectivity index (χ1) is 4.50. The van der Waals surface area contributed by atoms with Crippen molar-refractivity contribution in [1.29, 1.82) is 0 Å². The van der Waals surface area contributed by atoms with Gasteiger partial charge in [0.1, 0.15) is 6.26 Å². The van der Waals surface area contributed by atoms with Crippen LogP contribution in [0.25, 0.3) is 0 Å². The SMILES string of the molecule is CC.CO.c1cocn1. The third-order valence-electron chi connectivity index (χ3n) is 0.347. The molecule has 0 fully saturated rings. The molecule has 0 atom stereocenters. The van der Waals surface area contributed by atoms with E-state index in [9.17, 15) is 0 Å². The highest BCUT2D eigenvalue weighted by atomic mass is 16.3. The van der Waals surface area contributed by atoms with E-state index >= 15 is 0 Å². The Morgan fingerprint density at radius 3 is 2.00 bits per heavy atom. The number of aliphatic hydroxyl groups is 1. The van der Waals surface area contributed by atoms with E-state index in [0.717, 1.165) is 7.11 Å². The van der Waals surface area contributed by atoms with Crippen molar-refractivity contribution in [2.24, 2.45) is 0 Å². The molecule has 0 spiro atoms. The summed E-state index contributed by atoms with van der Waals surface area (Å²) in [5.74, 6) is 0. The summed E-state index contributed by atoms with van der Waals surface area (Å²) >= 11 is 0. The van der Waals surface area contributed by atoms with Crippen LogP contribution in [0.1, 0.15) is 13.8 Å². The van der Waals surface area contributed by atoms with E-state index in [1.54, 1.807) is 6.20 Å². The summed E-state index contributed by atoms with van der Waals surface area (Å²) in [6, 6.07) is 0. The Morgan fingerprint density at radius 1 is 1.33 bits per heavy atom. The second kappa shape index (κ2) is 15.7. The quantitative estimate of drug-likeness (QED) is 0.577. The van der Waals surface area contributed by atoms with E-state index in [4.69, 9.17) is 5.11 Å². The van der Waals surface area contributed by atoms with Crippen molar-refractivity contribution in [2.75, 3.05) is 7.11 Å². The fraction of sp³-hybridized carbons (Fsp3) is 0.500. The molecule has 0 aromatic carbocycles. The fourth-order valence-corrected chi connectivity index (χ4v) is 0.176. The second-order valence-corrected chi connectivity index (χ2v) is 0.676. The van der Waals surface area contributed by atoms with Crippen LogP contribution in [-0.2, 0) is 0 Å². The maximum Gasteiger partial charge on any atom is 0.180 e. The number of aromatic nitrogens is 1. The lowest BCUT2D eigenvalue weighted by Crippen LogP contribution is -1.38. The average molecular weight is 131 g/mol. The summed E-state index contributed by atoms with van der Waals surface area (Å²) in [4.78, 5) is 3.56. The van der Waals surface area contributed by atoms with Gasteiger partial charge in [-0.05, 0) is 0 Å². The smallest absolute Gasteiger partial charge is 0.180 e. The largest absolute Gasteiger partial charge is 0.452 e. The Morgan fingerprint density at radius 2 is 1.89 bits per heavy atom. The van der Waals surface area contributed by atoms with Crippen LogP contribution in [0.3, 0.4) is 0 Å². The number of aliphatic hydroxyl groups excluding tert-OH is 1. The van der Waals surface area contributed by atoms with Crippen LogP contribution in [0.5, 0.6) is 0 Å². The van der Waals surface area contributed by atoms with Crippen LogP contribution in [-0.4, -0.2) is 17.2 Å². The van der Waals surface area contributed by atoms with Crippen LogP contribution >= 0.6 is 0 Å². The molecule has 0 aliphatic carbocycles. The summed E-state index contributed by atoms with van der Waals surface area (Å²) < 4.78 is 4.47. The second-order valence-electron chi connectivity index (χ2n) is 0.676. The average Bonchev–Trinajstić information content (AvgIpc) is 2.51. The predicted molar refractivity (Wildman–Crippen MR) is 36.0 cm³/mol. The lowest BCUT2D eigenvalue weighted by atomic mass is 11.0. The molecule has 1 aromatic rings. The molecule has 0 radical (unpaired) electrons. The molecule has 0 amide bonds. The third kappa shape index (κ3) is 11.0. The zero-order valence-electron chi connectivity index (χ0n) is 6.03. The number of oxazole rings is 1. The van der Waals surface area contributed by atoms with Gasteiger partial charge in [-0.3, -0.25) is 0 Å². The molecule has 0 aliphatic rings. The highest BCUT2D eigenvalue weighted by Gasteiger charge is 1.59. The number of rotatable bonds is 0. The molecular weight excluding hydrogens is 118 g/mol. The number of hydrogen-bond acceptors (Lipinski definition) is 3. The number of nitrogens with zero attached hydrogens (tertiary/aromatic N) is 1. The first kappa shape index (κ1) is 11.0. The lowest BCUT2D eigenvalue weighted by Gasteiger charge is -1.47. The highest BCUT2D eigenvalue weighted by Crippen LogP contribution is 1.72. The minimum atomic E-state index is 1.00. The minimum Gasteiger partial charge on any atom is -0.452 e. The van der Waals surface area contributed by atoms with E-state index in [1.165, 1.54) is 12.7 Å². The lowest BCUT2D eigenvalue weighted by molar-refractivity contribution is 0.399. The van der Waals surface area contributed by atoms with Gasteiger partial charge in [-0.25, -0.2) is 4.98 Å². The van der Waals surface area contributed by atoms with Crippen LogP contribution in [0, 0.1) is 0 Å². The molecule has 3 nitrogen and oxygen atoms in total. The molecule has 0 unspecified atom stereocenters. The van der Waals surface area contributed by atoms with Gasteiger partial charge in [-0.1, -0.05) is 13.8 Å². The molecule has 9 heavy (non-hydrogen) atoms. The van der Waals surface area contributed by atoms with Crippen LogP contribution in [0.2, 0.25) is 0 Å². The maximum atomic E-state index is 7.00. The maximum absolute atomic E-state index is 7.00. The van der Waals surface area contributed by atoms with Crippen LogP contribution < -0.4 is 0 Å². The summed E-state index contributed by atoms with van der Waals surface area (Å²) in [5.41, 5.74) is 0.